The first-order valence-electron chi connectivity index (χ1n) is 6.90. The number of fused-ring (bicyclic) bond motifs is 1. The molecule has 124 valence electrons. The third-order valence-corrected chi connectivity index (χ3v) is 4.15. The van der Waals surface area contributed by atoms with Crippen molar-refractivity contribution in [1.82, 2.24) is 14.6 Å². The zero-order chi connectivity index (χ0) is 17.5. The molecular formula is C13H13N7O4. The van der Waals surface area contributed by atoms with Crippen LogP contribution < -0.4 is 0 Å². The van der Waals surface area contributed by atoms with Crippen molar-refractivity contribution in [2.24, 2.45) is 5.11 Å². The van der Waals surface area contributed by atoms with E-state index in [1.807, 2.05) is 6.07 Å². The minimum atomic E-state index is -2.18. The molecule has 24 heavy (non-hydrogen) atoms. The first-order valence-corrected chi connectivity index (χ1v) is 6.90. The summed E-state index contributed by atoms with van der Waals surface area (Å²) in [4.78, 5) is 6.56. The van der Waals surface area contributed by atoms with Gasteiger partial charge in [0.25, 0.3) is 0 Å². The van der Waals surface area contributed by atoms with E-state index in [2.05, 4.69) is 20.1 Å². The summed E-state index contributed by atoms with van der Waals surface area (Å²) < 4.78 is 6.82. The number of aromatic nitrogens is 3. The van der Waals surface area contributed by atoms with Crippen LogP contribution in [0.3, 0.4) is 0 Å². The van der Waals surface area contributed by atoms with Crippen molar-refractivity contribution in [2.75, 3.05) is 6.61 Å². The van der Waals surface area contributed by atoms with Crippen LogP contribution in [-0.2, 0) is 10.3 Å². The topological polar surface area (TPSA) is 173 Å². The van der Waals surface area contributed by atoms with Crippen molar-refractivity contribution in [2.45, 2.75) is 30.5 Å². The summed E-state index contributed by atoms with van der Waals surface area (Å²) >= 11 is 0. The van der Waals surface area contributed by atoms with Crippen LogP contribution in [-0.4, -0.2) is 54.5 Å². The summed E-state index contributed by atoms with van der Waals surface area (Å²) in [7, 11) is 0. The summed E-state index contributed by atoms with van der Waals surface area (Å²) in [5.41, 5.74) is 5.70. The molecule has 11 heteroatoms. The number of hydrogen-bond acceptors (Lipinski definition) is 8. The first-order chi connectivity index (χ1) is 11.5. The molecule has 0 aliphatic carbocycles. The van der Waals surface area contributed by atoms with Crippen LogP contribution in [0.25, 0.3) is 16.0 Å². The Kier molecular flexibility index (Phi) is 3.64. The minimum Gasteiger partial charge on any atom is -0.393 e. The van der Waals surface area contributed by atoms with Crippen LogP contribution in [0.5, 0.6) is 0 Å². The molecule has 0 aromatic carbocycles. The van der Waals surface area contributed by atoms with Crippen molar-refractivity contribution in [3.05, 3.63) is 40.3 Å². The van der Waals surface area contributed by atoms with E-state index in [1.54, 1.807) is 13.0 Å². The molecule has 3 heterocycles. The Balaban J connectivity index is 2.25. The number of aryl methyl sites for hydroxylation is 1. The molecule has 1 saturated heterocycles. The Morgan fingerprint density at radius 3 is 2.88 bits per heavy atom. The molecule has 3 rings (SSSR count). The standard InChI is InChI=1S/C13H13N7O4/c1-7-8-2-3-9(20(8)17-6-16-7)12(4-14)10(22)11(23)13(5-21,24-12)18-19-15/h2-3,6,10-11,21-23H,5H2,1H3/t10-,11+,12+,13-/m1/s1. The maximum atomic E-state index is 10.5. The van der Waals surface area contributed by atoms with Crippen molar-refractivity contribution < 1.29 is 20.1 Å². The fourth-order valence-corrected chi connectivity index (χ4v) is 2.87. The number of rotatable bonds is 3. The van der Waals surface area contributed by atoms with Gasteiger partial charge in [0.15, 0.2) is 0 Å². The van der Waals surface area contributed by atoms with E-state index in [4.69, 9.17) is 10.3 Å². The van der Waals surface area contributed by atoms with Crippen LogP contribution in [0.15, 0.2) is 23.6 Å². The molecule has 0 amide bonds. The van der Waals surface area contributed by atoms with Gasteiger partial charge in [0.2, 0.25) is 11.3 Å². The molecule has 4 atom stereocenters. The third-order valence-electron chi connectivity index (χ3n) is 4.15. The van der Waals surface area contributed by atoms with Gasteiger partial charge in [-0.2, -0.15) is 10.4 Å². The van der Waals surface area contributed by atoms with Crippen LogP contribution in [0, 0.1) is 18.3 Å². The van der Waals surface area contributed by atoms with Gasteiger partial charge in [0.1, 0.15) is 24.6 Å². The number of ether oxygens (including phenoxy) is 1. The minimum absolute atomic E-state index is 0.112. The number of aliphatic hydroxyl groups is 3. The number of aliphatic hydroxyl groups excluding tert-OH is 3. The summed E-state index contributed by atoms with van der Waals surface area (Å²) in [6, 6.07) is 4.92. The molecule has 1 aliphatic heterocycles. The monoisotopic (exact) mass is 331 g/mol. The van der Waals surface area contributed by atoms with E-state index in [9.17, 15) is 20.6 Å². The summed E-state index contributed by atoms with van der Waals surface area (Å²) in [5, 5.41) is 47.2. The number of hydrogen-bond donors (Lipinski definition) is 3. The maximum Gasteiger partial charge on any atom is 0.226 e. The molecule has 2 aromatic heterocycles. The van der Waals surface area contributed by atoms with Crippen LogP contribution >= 0.6 is 0 Å². The fraction of sp³-hybridized carbons (Fsp3) is 0.462. The largest absolute Gasteiger partial charge is 0.393 e. The molecular weight excluding hydrogens is 318 g/mol. The molecule has 2 aromatic rings. The summed E-state index contributed by atoms with van der Waals surface area (Å²) in [5.74, 6) is 0. The highest BCUT2D eigenvalue weighted by Gasteiger charge is 2.64. The second-order valence-electron chi connectivity index (χ2n) is 5.39. The first kappa shape index (κ1) is 16.1. The molecule has 3 N–H and O–H groups in total. The molecule has 0 radical (unpaired) electrons. The van der Waals surface area contributed by atoms with Gasteiger partial charge in [-0.25, -0.2) is 9.50 Å². The highest BCUT2D eigenvalue weighted by molar-refractivity contribution is 5.54. The lowest BCUT2D eigenvalue weighted by molar-refractivity contribution is -0.131. The van der Waals surface area contributed by atoms with E-state index in [0.717, 1.165) is 0 Å². The highest BCUT2D eigenvalue weighted by atomic mass is 16.6. The van der Waals surface area contributed by atoms with Gasteiger partial charge in [-0.05, 0) is 24.6 Å². The Labute approximate surface area is 135 Å². The van der Waals surface area contributed by atoms with E-state index in [1.165, 1.54) is 16.9 Å². The quantitative estimate of drug-likeness (QED) is 0.386. The zero-order valence-corrected chi connectivity index (χ0v) is 12.5. The molecule has 0 saturated carbocycles. The van der Waals surface area contributed by atoms with Crippen molar-refractivity contribution in [3.63, 3.8) is 0 Å². The number of azide groups is 1. The van der Waals surface area contributed by atoms with Crippen molar-refractivity contribution in [1.29, 1.82) is 5.26 Å². The fourth-order valence-electron chi connectivity index (χ4n) is 2.87. The summed E-state index contributed by atoms with van der Waals surface area (Å²) in [6.07, 6.45) is -2.33. The second kappa shape index (κ2) is 5.41. The zero-order valence-electron chi connectivity index (χ0n) is 12.5. The van der Waals surface area contributed by atoms with Gasteiger partial charge in [0, 0.05) is 4.91 Å². The molecule has 1 aliphatic rings. The van der Waals surface area contributed by atoms with Crippen LogP contribution in [0.4, 0.5) is 0 Å². The Hall–Kier alpha value is -2.74. The average Bonchev–Trinajstić information content (AvgIpc) is 3.11. The lowest BCUT2D eigenvalue weighted by Gasteiger charge is -2.26. The molecule has 0 spiro atoms. The van der Waals surface area contributed by atoms with Gasteiger partial charge in [-0.15, -0.1) is 0 Å². The average molecular weight is 331 g/mol. The van der Waals surface area contributed by atoms with E-state index in [-0.39, 0.29) is 5.69 Å². The normalized spacial score (nSPS) is 32.5. The van der Waals surface area contributed by atoms with Gasteiger partial charge >= 0.3 is 0 Å². The number of nitrogens with zero attached hydrogens (tertiary/aromatic N) is 7. The van der Waals surface area contributed by atoms with Crippen molar-refractivity contribution >= 4 is 5.52 Å². The second-order valence-corrected chi connectivity index (χ2v) is 5.39. The Bertz CT molecular complexity index is 886. The predicted molar refractivity (Wildman–Crippen MR) is 77.1 cm³/mol. The highest BCUT2D eigenvalue weighted by Crippen LogP contribution is 2.45. The van der Waals surface area contributed by atoms with Gasteiger partial charge in [-0.3, -0.25) is 0 Å². The molecule has 0 bridgehead atoms. The van der Waals surface area contributed by atoms with Gasteiger partial charge in [0.05, 0.1) is 23.5 Å². The lowest BCUT2D eigenvalue weighted by Crippen LogP contribution is -2.44. The number of nitriles is 1. The van der Waals surface area contributed by atoms with Gasteiger partial charge in [-0.1, -0.05) is 5.11 Å². The van der Waals surface area contributed by atoms with E-state index in [0.29, 0.717) is 11.2 Å². The predicted octanol–water partition coefficient (Wildman–Crippen LogP) is -0.493. The Morgan fingerprint density at radius 1 is 1.50 bits per heavy atom. The summed E-state index contributed by atoms with van der Waals surface area (Å²) in [6.45, 7) is 0.814. The lowest BCUT2D eigenvalue weighted by atomic mass is 9.91. The van der Waals surface area contributed by atoms with Gasteiger partial charge < -0.3 is 20.1 Å². The molecule has 1 fully saturated rings. The van der Waals surface area contributed by atoms with Crippen LogP contribution in [0.1, 0.15) is 11.4 Å². The van der Waals surface area contributed by atoms with E-state index < -0.39 is 30.1 Å². The van der Waals surface area contributed by atoms with Crippen LogP contribution in [0.2, 0.25) is 0 Å². The molecule has 11 nitrogen and oxygen atoms in total. The van der Waals surface area contributed by atoms with E-state index >= 15 is 0 Å². The maximum absolute atomic E-state index is 10.5. The van der Waals surface area contributed by atoms with Crippen molar-refractivity contribution in [3.8, 4) is 6.07 Å². The smallest absolute Gasteiger partial charge is 0.226 e. The Morgan fingerprint density at radius 2 is 2.25 bits per heavy atom. The molecule has 0 unspecified atom stereocenters. The third kappa shape index (κ3) is 1.89. The SMILES string of the molecule is Cc1ncnn2c([C@]3(C#N)O[C@@](CO)(N=[N+]=[N-])[C@@H](O)[C@H]3O)ccc12.